The molecule has 0 radical (unpaired) electrons. The number of aryl methyl sites for hydroxylation is 1. The Hall–Kier alpha value is -0.930. The van der Waals surface area contributed by atoms with E-state index in [1.807, 2.05) is 0 Å². The lowest BCUT2D eigenvalue weighted by Gasteiger charge is -2.43. The average molecular weight is 279 g/mol. The van der Waals surface area contributed by atoms with Crippen LogP contribution < -0.4 is 5.73 Å². The van der Waals surface area contributed by atoms with Gasteiger partial charge in [-0.2, -0.15) is 0 Å². The molecule has 1 fully saturated rings. The fourth-order valence-electron chi connectivity index (χ4n) is 3.61. The van der Waals surface area contributed by atoms with Crippen LogP contribution in [0.5, 0.6) is 0 Å². The fraction of sp³-hybridized carbons (Fsp3) is 0.647. The summed E-state index contributed by atoms with van der Waals surface area (Å²) < 4.78 is 13.4. The minimum Gasteiger partial charge on any atom is -0.388 e. The van der Waals surface area contributed by atoms with E-state index in [-0.39, 0.29) is 11.2 Å². The smallest absolute Gasteiger partial charge is 0.126 e. The van der Waals surface area contributed by atoms with Crippen molar-refractivity contribution in [3.05, 3.63) is 35.1 Å². The van der Waals surface area contributed by atoms with E-state index in [4.69, 9.17) is 5.73 Å². The minimum absolute atomic E-state index is 0.224. The third kappa shape index (κ3) is 2.89. The summed E-state index contributed by atoms with van der Waals surface area (Å²) in [5.74, 6) is 0.418. The van der Waals surface area contributed by atoms with Crippen molar-refractivity contribution < 1.29 is 9.50 Å². The molecule has 0 saturated heterocycles. The van der Waals surface area contributed by atoms with Crippen molar-refractivity contribution in [1.82, 2.24) is 0 Å². The molecule has 0 amide bonds. The molecule has 3 unspecified atom stereocenters. The zero-order chi connectivity index (χ0) is 14.8. The van der Waals surface area contributed by atoms with Gasteiger partial charge in [-0.3, -0.25) is 0 Å². The van der Waals surface area contributed by atoms with Gasteiger partial charge in [0.2, 0.25) is 0 Å². The maximum Gasteiger partial charge on any atom is 0.126 e. The van der Waals surface area contributed by atoms with E-state index in [0.29, 0.717) is 18.0 Å². The molecule has 3 N–H and O–H groups in total. The summed E-state index contributed by atoms with van der Waals surface area (Å²) >= 11 is 0. The molecule has 3 atom stereocenters. The summed E-state index contributed by atoms with van der Waals surface area (Å²) in [4.78, 5) is 0. The van der Waals surface area contributed by atoms with E-state index in [1.165, 1.54) is 12.5 Å². The first-order valence-corrected chi connectivity index (χ1v) is 7.66. The Kier molecular flexibility index (Phi) is 4.82. The minimum atomic E-state index is -0.596. The summed E-state index contributed by atoms with van der Waals surface area (Å²) in [5, 5.41) is 10.8. The van der Waals surface area contributed by atoms with Crippen LogP contribution in [0.15, 0.2) is 18.2 Å². The molecule has 0 heterocycles. The molecule has 0 aromatic heterocycles. The maximum absolute atomic E-state index is 13.4. The first-order chi connectivity index (χ1) is 9.52. The predicted octanol–water partition coefficient (Wildman–Crippen LogP) is 3.71. The van der Waals surface area contributed by atoms with Gasteiger partial charge < -0.3 is 10.8 Å². The summed E-state index contributed by atoms with van der Waals surface area (Å²) in [6.07, 6.45) is 4.81. The van der Waals surface area contributed by atoms with E-state index in [0.717, 1.165) is 31.2 Å². The molecule has 0 spiro atoms. The zero-order valence-corrected chi connectivity index (χ0v) is 12.5. The van der Waals surface area contributed by atoms with Crippen LogP contribution in [-0.2, 0) is 0 Å². The van der Waals surface area contributed by atoms with Gasteiger partial charge in [0.1, 0.15) is 5.82 Å². The van der Waals surface area contributed by atoms with Gasteiger partial charge in [-0.05, 0) is 42.9 Å². The van der Waals surface area contributed by atoms with E-state index < -0.39 is 6.10 Å². The lowest BCUT2D eigenvalue weighted by molar-refractivity contribution is -0.0162. The molecule has 1 aliphatic rings. The molecule has 1 saturated carbocycles. The fourth-order valence-corrected chi connectivity index (χ4v) is 3.61. The Balaban J connectivity index is 2.27. The quantitative estimate of drug-likeness (QED) is 0.882. The van der Waals surface area contributed by atoms with Gasteiger partial charge in [0, 0.05) is 12.0 Å². The van der Waals surface area contributed by atoms with Crippen molar-refractivity contribution in [3.8, 4) is 0 Å². The molecule has 20 heavy (non-hydrogen) atoms. The van der Waals surface area contributed by atoms with Crippen LogP contribution in [0.1, 0.15) is 56.3 Å². The number of aliphatic hydroxyl groups excluding tert-OH is 1. The molecular formula is C17H26FNO. The van der Waals surface area contributed by atoms with Gasteiger partial charge >= 0.3 is 0 Å². The van der Waals surface area contributed by atoms with Crippen LogP contribution in [0.4, 0.5) is 4.39 Å². The van der Waals surface area contributed by atoms with Crippen LogP contribution in [0, 0.1) is 24.1 Å². The Morgan fingerprint density at radius 1 is 1.50 bits per heavy atom. The second kappa shape index (κ2) is 6.23. The standard InChI is InChI=1S/C17H26FNO/c1-3-13-5-4-8-17(10-13,11-19)16(20)14-6-7-15(18)12(2)9-14/h6-7,9,13,16,20H,3-5,8,10-11,19H2,1-2H3. The molecule has 1 aromatic carbocycles. The highest BCUT2D eigenvalue weighted by atomic mass is 19.1. The largest absolute Gasteiger partial charge is 0.388 e. The van der Waals surface area contributed by atoms with E-state index >= 15 is 0 Å². The Labute approximate surface area is 121 Å². The van der Waals surface area contributed by atoms with Crippen LogP contribution in [-0.4, -0.2) is 11.7 Å². The zero-order valence-electron chi connectivity index (χ0n) is 12.5. The number of halogens is 1. The number of hydrogen-bond acceptors (Lipinski definition) is 2. The lowest BCUT2D eigenvalue weighted by Crippen LogP contribution is -2.41. The second-order valence-corrected chi connectivity index (χ2v) is 6.35. The molecule has 1 aromatic rings. The maximum atomic E-state index is 13.4. The Bertz CT molecular complexity index is 462. The summed E-state index contributed by atoms with van der Waals surface area (Å²) in [6, 6.07) is 4.89. The predicted molar refractivity (Wildman–Crippen MR) is 79.8 cm³/mol. The Morgan fingerprint density at radius 2 is 2.25 bits per heavy atom. The average Bonchev–Trinajstić information content (AvgIpc) is 2.49. The Morgan fingerprint density at radius 3 is 2.85 bits per heavy atom. The highest BCUT2D eigenvalue weighted by Gasteiger charge is 2.41. The summed E-state index contributed by atoms with van der Waals surface area (Å²) in [7, 11) is 0. The van der Waals surface area contributed by atoms with Gasteiger partial charge in [-0.1, -0.05) is 38.3 Å². The number of aliphatic hydroxyl groups is 1. The molecular weight excluding hydrogens is 253 g/mol. The SMILES string of the molecule is CCC1CCCC(CN)(C(O)c2ccc(F)c(C)c2)C1. The molecule has 1 aliphatic carbocycles. The van der Waals surface area contributed by atoms with Crippen molar-refractivity contribution in [2.45, 2.75) is 52.1 Å². The van der Waals surface area contributed by atoms with Crippen LogP contribution in [0.2, 0.25) is 0 Å². The van der Waals surface area contributed by atoms with Gasteiger partial charge in [0.05, 0.1) is 6.10 Å². The normalized spacial score (nSPS) is 28.4. The third-order valence-electron chi connectivity index (χ3n) is 5.04. The van der Waals surface area contributed by atoms with Crippen molar-refractivity contribution in [2.75, 3.05) is 6.54 Å². The molecule has 0 aliphatic heterocycles. The number of hydrogen-bond donors (Lipinski definition) is 2. The summed E-state index contributed by atoms with van der Waals surface area (Å²) in [6.45, 7) is 4.42. The molecule has 0 bridgehead atoms. The topological polar surface area (TPSA) is 46.2 Å². The van der Waals surface area contributed by atoms with Crippen LogP contribution >= 0.6 is 0 Å². The second-order valence-electron chi connectivity index (χ2n) is 6.35. The van der Waals surface area contributed by atoms with E-state index in [1.54, 1.807) is 19.1 Å². The van der Waals surface area contributed by atoms with Crippen LogP contribution in [0.3, 0.4) is 0 Å². The van der Waals surface area contributed by atoms with Crippen LogP contribution in [0.25, 0.3) is 0 Å². The molecule has 112 valence electrons. The van der Waals surface area contributed by atoms with Gasteiger partial charge in [0.15, 0.2) is 0 Å². The highest BCUT2D eigenvalue weighted by Crippen LogP contribution is 2.48. The first-order valence-electron chi connectivity index (χ1n) is 7.66. The number of rotatable bonds is 4. The van der Waals surface area contributed by atoms with Crippen molar-refractivity contribution in [1.29, 1.82) is 0 Å². The highest BCUT2D eigenvalue weighted by molar-refractivity contribution is 5.27. The molecule has 2 rings (SSSR count). The van der Waals surface area contributed by atoms with Gasteiger partial charge in [-0.15, -0.1) is 0 Å². The summed E-state index contributed by atoms with van der Waals surface area (Å²) in [5.41, 5.74) is 7.16. The van der Waals surface area contributed by atoms with Gasteiger partial charge in [-0.25, -0.2) is 4.39 Å². The molecule has 2 nitrogen and oxygen atoms in total. The van der Waals surface area contributed by atoms with Crippen molar-refractivity contribution in [2.24, 2.45) is 17.1 Å². The first kappa shape index (κ1) is 15.5. The van der Waals surface area contributed by atoms with E-state index in [2.05, 4.69) is 6.92 Å². The molecule has 3 heteroatoms. The number of nitrogens with two attached hydrogens (primary N) is 1. The monoisotopic (exact) mass is 279 g/mol. The van der Waals surface area contributed by atoms with Gasteiger partial charge in [0.25, 0.3) is 0 Å². The number of benzene rings is 1. The third-order valence-corrected chi connectivity index (χ3v) is 5.04. The van der Waals surface area contributed by atoms with Crippen molar-refractivity contribution >= 4 is 0 Å². The van der Waals surface area contributed by atoms with E-state index in [9.17, 15) is 9.50 Å². The van der Waals surface area contributed by atoms with Crippen molar-refractivity contribution in [3.63, 3.8) is 0 Å². The lowest BCUT2D eigenvalue weighted by atomic mass is 9.64.